The van der Waals surface area contributed by atoms with Crippen molar-refractivity contribution in [2.75, 3.05) is 6.54 Å². The van der Waals surface area contributed by atoms with Gasteiger partial charge in [-0.1, -0.05) is 26.0 Å². The van der Waals surface area contributed by atoms with E-state index in [1.165, 1.54) is 12.1 Å². The van der Waals surface area contributed by atoms with E-state index in [9.17, 15) is 13.2 Å². The summed E-state index contributed by atoms with van der Waals surface area (Å²) in [6, 6.07) is 5.78. The Kier molecular flexibility index (Phi) is 3.90. The van der Waals surface area contributed by atoms with Crippen LogP contribution in [0.25, 0.3) is 0 Å². The van der Waals surface area contributed by atoms with Crippen molar-refractivity contribution in [2.45, 2.75) is 44.8 Å². The normalized spacial score (nSPS) is 24.1. The van der Waals surface area contributed by atoms with Crippen molar-refractivity contribution in [1.29, 1.82) is 0 Å². The first-order chi connectivity index (χ1) is 8.83. The van der Waals surface area contributed by atoms with Gasteiger partial charge in [-0.3, -0.25) is 0 Å². The Morgan fingerprint density at radius 2 is 2.05 bits per heavy atom. The summed E-state index contributed by atoms with van der Waals surface area (Å²) in [5.74, 6) is 0.445. The maximum absolute atomic E-state index is 12.8. The van der Waals surface area contributed by atoms with Crippen LogP contribution in [-0.4, -0.2) is 6.54 Å². The number of hydrogen-bond donors (Lipinski definition) is 1. The molecule has 1 aliphatic rings. The SMILES string of the molecule is CC(C)CC1(c2cccc(C(F)(F)F)c2)CCCN1. The Labute approximate surface area is 112 Å². The molecule has 1 nitrogen and oxygen atoms in total. The molecule has 106 valence electrons. The molecule has 0 spiro atoms. The first kappa shape index (κ1) is 14.4. The van der Waals surface area contributed by atoms with Crippen molar-refractivity contribution in [3.63, 3.8) is 0 Å². The van der Waals surface area contributed by atoms with Gasteiger partial charge < -0.3 is 5.32 Å². The Morgan fingerprint density at radius 3 is 2.58 bits per heavy atom. The quantitative estimate of drug-likeness (QED) is 0.862. The molecule has 0 aromatic heterocycles. The van der Waals surface area contributed by atoms with Crippen LogP contribution < -0.4 is 5.32 Å². The molecule has 1 aromatic carbocycles. The predicted molar refractivity (Wildman–Crippen MR) is 69.8 cm³/mol. The van der Waals surface area contributed by atoms with E-state index in [-0.39, 0.29) is 5.54 Å². The summed E-state index contributed by atoms with van der Waals surface area (Å²) in [6.07, 6.45) is -1.47. The lowest BCUT2D eigenvalue weighted by molar-refractivity contribution is -0.137. The molecule has 1 fully saturated rings. The van der Waals surface area contributed by atoms with E-state index in [4.69, 9.17) is 0 Å². The maximum Gasteiger partial charge on any atom is 0.416 e. The van der Waals surface area contributed by atoms with Crippen molar-refractivity contribution in [2.24, 2.45) is 5.92 Å². The first-order valence-electron chi connectivity index (χ1n) is 6.76. The molecule has 0 bridgehead atoms. The Morgan fingerprint density at radius 1 is 1.32 bits per heavy atom. The average molecular weight is 271 g/mol. The van der Waals surface area contributed by atoms with Crippen LogP contribution >= 0.6 is 0 Å². The molecule has 1 N–H and O–H groups in total. The predicted octanol–water partition coefficient (Wildman–Crippen LogP) is 4.33. The van der Waals surface area contributed by atoms with Gasteiger partial charge in [-0.25, -0.2) is 0 Å². The van der Waals surface area contributed by atoms with E-state index < -0.39 is 11.7 Å². The van der Waals surface area contributed by atoms with Gasteiger partial charge in [0.15, 0.2) is 0 Å². The van der Waals surface area contributed by atoms with Crippen LogP contribution in [0.4, 0.5) is 13.2 Å². The highest BCUT2D eigenvalue weighted by Gasteiger charge is 2.38. The summed E-state index contributed by atoms with van der Waals surface area (Å²) < 4.78 is 38.5. The third-order valence-corrected chi connectivity index (χ3v) is 3.74. The minimum Gasteiger partial charge on any atom is -0.307 e. The van der Waals surface area contributed by atoms with Gasteiger partial charge in [0.25, 0.3) is 0 Å². The molecule has 1 saturated heterocycles. The van der Waals surface area contributed by atoms with Crippen LogP contribution in [0.1, 0.15) is 44.2 Å². The molecule has 1 aromatic rings. The summed E-state index contributed by atoms with van der Waals surface area (Å²) in [6.45, 7) is 5.09. The fourth-order valence-electron chi connectivity index (χ4n) is 3.03. The minimum absolute atomic E-state index is 0.282. The van der Waals surface area contributed by atoms with Crippen molar-refractivity contribution >= 4 is 0 Å². The first-order valence-corrected chi connectivity index (χ1v) is 6.76. The van der Waals surface area contributed by atoms with Crippen LogP contribution in [0.5, 0.6) is 0 Å². The molecule has 1 heterocycles. The van der Waals surface area contributed by atoms with E-state index in [0.29, 0.717) is 5.92 Å². The standard InChI is InChI=1S/C15H20F3N/c1-11(2)10-14(7-4-8-19-14)12-5-3-6-13(9-12)15(16,17)18/h3,5-6,9,11,19H,4,7-8,10H2,1-2H3. The van der Waals surface area contributed by atoms with Gasteiger partial charge in [0.1, 0.15) is 0 Å². The van der Waals surface area contributed by atoms with Crippen LogP contribution in [0.3, 0.4) is 0 Å². The van der Waals surface area contributed by atoms with Crippen molar-refractivity contribution in [1.82, 2.24) is 5.32 Å². The average Bonchev–Trinajstić information content (AvgIpc) is 2.77. The van der Waals surface area contributed by atoms with Crippen molar-refractivity contribution in [3.8, 4) is 0 Å². The molecule has 2 rings (SSSR count). The summed E-state index contributed by atoms with van der Waals surface area (Å²) in [7, 11) is 0. The lowest BCUT2D eigenvalue weighted by Crippen LogP contribution is -2.38. The van der Waals surface area contributed by atoms with E-state index in [0.717, 1.165) is 37.4 Å². The van der Waals surface area contributed by atoms with Crippen LogP contribution in [0.2, 0.25) is 0 Å². The smallest absolute Gasteiger partial charge is 0.307 e. The molecule has 4 heteroatoms. The molecule has 1 unspecified atom stereocenters. The number of hydrogen-bond acceptors (Lipinski definition) is 1. The summed E-state index contributed by atoms with van der Waals surface area (Å²) in [5.41, 5.74) is -0.0644. The Balaban J connectivity index is 2.37. The van der Waals surface area contributed by atoms with Gasteiger partial charge in [-0.05, 0) is 49.4 Å². The molecule has 0 amide bonds. The van der Waals surface area contributed by atoms with Gasteiger partial charge in [0, 0.05) is 5.54 Å². The minimum atomic E-state index is -4.27. The number of rotatable bonds is 3. The molecular weight excluding hydrogens is 251 g/mol. The second-order valence-electron chi connectivity index (χ2n) is 5.79. The molecule has 19 heavy (non-hydrogen) atoms. The zero-order valence-electron chi connectivity index (χ0n) is 11.3. The number of alkyl halides is 3. The summed E-state index contributed by atoms with van der Waals surface area (Å²) in [4.78, 5) is 0. The molecule has 0 aliphatic carbocycles. The van der Waals surface area contributed by atoms with Crippen molar-refractivity contribution < 1.29 is 13.2 Å². The van der Waals surface area contributed by atoms with Gasteiger partial charge in [0.2, 0.25) is 0 Å². The highest BCUT2D eigenvalue weighted by atomic mass is 19.4. The summed E-state index contributed by atoms with van der Waals surface area (Å²) >= 11 is 0. The molecule has 0 saturated carbocycles. The third kappa shape index (κ3) is 3.11. The number of halogens is 3. The van der Waals surface area contributed by atoms with Gasteiger partial charge in [-0.15, -0.1) is 0 Å². The lowest BCUT2D eigenvalue weighted by atomic mass is 9.80. The highest BCUT2D eigenvalue weighted by Crippen LogP contribution is 2.39. The molecule has 1 aliphatic heterocycles. The van der Waals surface area contributed by atoms with Gasteiger partial charge in [0.05, 0.1) is 5.56 Å². The largest absolute Gasteiger partial charge is 0.416 e. The lowest BCUT2D eigenvalue weighted by Gasteiger charge is -2.32. The van der Waals surface area contributed by atoms with E-state index in [1.54, 1.807) is 0 Å². The van der Waals surface area contributed by atoms with Gasteiger partial charge >= 0.3 is 6.18 Å². The fourth-order valence-corrected chi connectivity index (χ4v) is 3.03. The number of nitrogens with one attached hydrogen (secondary N) is 1. The van der Waals surface area contributed by atoms with Gasteiger partial charge in [-0.2, -0.15) is 13.2 Å². The van der Waals surface area contributed by atoms with E-state index in [2.05, 4.69) is 19.2 Å². The topological polar surface area (TPSA) is 12.0 Å². The molecule has 1 atom stereocenters. The number of benzene rings is 1. The monoisotopic (exact) mass is 271 g/mol. The highest BCUT2D eigenvalue weighted by molar-refractivity contribution is 5.32. The van der Waals surface area contributed by atoms with Crippen LogP contribution in [-0.2, 0) is 11.7 Å². The third-order valence-electron chi connectivity index (χ3n) is 3.74. The van der Waals surface area contributed by atoms with Crippen LogP contribution in [0.15, 0.2) is 24.3 Å². The van der Waals surface area contributed by atoms with E-state index >= 15 is 0 Å². The molecular formula is C15H20F3N. The van der Waals surface area contributed by atoms with Crippen LogP contribution in [0, 0.1) is 5.92 Å². The second kappa shape index (κ2) is 5.16. The Hall–Kier alpha value is -1.03. The summed E-state index contributed by atoms with van der Waals surface area (Å²) in [5, 5.41) is 3.43. The van der Waals surface area contributed by atoms with Crippen molar-refractivity contribution in [3.05, 3.63) is 35.4 Å². The second-order valence-corrected chi connectivity index (χ2v) is 5.79. The Bertz CT molecular complexity index is 431. The fraction of sp³-hybridized carbons (Fsp3) is 0.600. The molecule has 0 radical (unpaired) electrons. The maximum atomic E-state index is 12.8. The zero-order valence-corrected chi connectivity index (χ0v) is 11.3. The van der Waals surface area contributed by atoms with E-state index in [1.807, 2.05) is 6.07 Å². The zero-order chi connectivity index (χ0) is 14.1.